The van der Waals surface area contributed by atoms with Gasteiger partial charge in [-0.2, -0.15) is 18.4 Å². The highest BCUT2D eigenvalue weighted by molar-refractivity contribution is 14.1. The number of halogens is 4. The summed E-state index contributed by atoms with van der Waals surface area (Å²) in [5.41, 5.74) is 1.58. The van der Waals surface area contributed by atoms with E-state index in [1.807, 2.05) is 24.3 Å². The summed E-state index contributed by atoms with van der Waals surface area (Å²) in [6.45, 7) is 0. The van der Waals surface area contributed by atoms with Gasteiger partial charge in [-0.3, -0.25) is 0 Å². The number of aromatic nitrogens is 2. The Morgan fingerprint density at radius 3 is 2.76 bits per heavy atom. The summed E-state index contributed by atoms with van der Waals surface area (Å²) in [6, 6.07) is 6.03. The van der Waals surface area contributed by atoms with Crippen molar-refractivity contribution >= 4 is 50.2 Å². The standard InChI is InChI=1S/C17H12F3IN4/c18-17(19,20)15(8-1-2-8)25-16-13-11-4-3-10(21)5-12(11)24-14(13)9(6-22)7-23-16/h3-5,7-8,15,24H,1-2H2,(H,23,25). The Kier molecular flexibility index (Phi) is 3.79. The molecule has 4 nitrogen and oxygen atoms in total. The molecule has 128 valence electrons. The minimum atomic E-state index is -4.34. The van der Waals surface area contributed by atoms with Crippen LogP contribution in [0.3, 0.4) is 0 Å². The third-order valence-electron chi connectivity index (χ3n) is 4.45. The molecule has 1 aliphatic rings. The first-order chi connectivity index (χ1) is 11.9. The number of aromatic amines is 1. The summed E-state index contributed by atoms with van der Waals surface area (Å²) in [7, 11) is 0. The monoisotopic (exact) mass is 456 g/mol. The van der Waals surface area contributed by atoms with E-state index < -0.39 is 18.1 Å². The van der Waals surface area contributed by atoms with Crippen LogP contribution in [0.5, 0.6) is 0 Å². The Balaban J connectivity index is 1.92. The van der Waals surface area contributed by atoms with Crippen molar-refractivity contribution in [1.82, 2.24) is 9.97 Å². The van der Waals surface area contributed by atoms with Gasteiger partial charge in [0.05, 0.1) is 16.5 Å². The van der Waals surface area contributed by atoms with Gasteiger partial charge in [0.1, 0.15) is 17.9 Å². The van der Waals surface area contributed by atoms with Crippen LogP contribution >= 0.6 is 22.6 Å². The van der Waals surface area contributed by atoms with Crippen molar-refractivity contribution in [3.05, 3.63) is 33.5 Å². The number of H-pyrrole nitrogens is 1. The van der Waals surface area contributed by atoms with Gasteiger partial charge >= 0.3 is 6.18 Å². The van der Waals surface area contributed by atoms with Crippen LogP contribution in [0.15, 0.2) is 24.4 Å². The topological polar surface area (TPSA) is 64.5 Å². The van der Waals surface area contributed by atoms with Gasteiger partial charge in [-0.1, -0.05) is 6.07 Å². The normalized spacial score (nSPS) is 16.1. The van der Waals surface area contributed by atoms with E-state index >= 15 is 0 Å². The molecule has 1 aromatic carbocycles. The fourth-order valence-corrected chi connectivity index (χ4v) is 3.61. The molecule has 3 aromatic rings. The number of hydrogen-bond donors (Lipinski definition) is 2. The molecule has 0 spiro atoms. The van der Waals surface area contributed by atoms with Crippen molar-refractivity contribution in [2.75, 3.05) is 5.32 Å². The zero-order valence-corrected chi connectivity index (χ0v) is 14.9. The highest BCUT2D eigenvalue weighted by Crippen LogP contribution is 2.43. The lowest BCUT2D eigenvalue weighted by atomic mass is 10.1. The molecule has 1 atom stereocenters. The van der Waals surface area contributed by atoms with E-state index in [1.165, 1.54) is 6.20 Å². The van der Waals surface area contributed by atoms with Gasteiger partial charge in [0.25, 0.3) is 0 Å². The molecule has 0 radical (unpaired) electrons. The van der Waals surface area contributed by atoms with E-state index in [1.54, 1.807) is 0 Å². The SMILES string of the molecule is N#Cc1cnc(NC(C2CC2)C(F)(F)F)c2c1[nH]c1cc(I)ccc12. The molecule has 1 aliphatic carbocycles. The molecule has 0 saturated heterocycles. The molecule has 2 aromatic heterocycles. The summed E-state index contributed by atoms with van der Waals surface area (Å²) in [4.78, 5) is 7.28. The molecule has 1 fully saturated rings. The van der Waals surface area contributed by atoms with Gasteiger partial charge in [-0.15, -0.1) is 0 Å². The second-order valence-electron chi connectivity index (χ2n) is 6.20. The molecule has 0 bridgehead atoms. The molecular weight excluding hydrogens is 444 g/mol. The van der Waals surface area contributed by atoms with E-state index in [0.29, 0.717) is 29.3 Å². The van der Waals surface area contributed by atoms with Gasteiger partial charge in [-0.05, 0) is 53.5 Å². The maximum atomic E-state index is 13.4. The lowest BCUT2D eigenvalue weighted by molar-refractivity contribution is -0.146. The van der Waals surface area contributed by atoms with Gasteiger partial charge in [-0.25, -0.2) is 4.98 Å². The van der Waals surface area contributed by atoms with Gasteiger partial charge in [0, 0.05) is 20.7 Å². The second kappa shape index (κ2) is 5.76. The average Bonchev–Trinajstić information content (AvgIpc) is 3.30. The molecular formula is C17H12F3IN4. The van der Waals surface area contributed by atoms with Gasteiger partial charge in [0.15, 0.2) is 0 Å². The van der Waals surface area contributed by atoms with E-state index in [-0.39, 0.29) is 5.82 Å². The molecule has 4 rings (SSSR count). The van der Waals surface area contributed by atoms with Crippen molar-refractivity contribution < 1.29 is 13.2 Å². The zero-order valence-electron chi connectivity index (χ0n) is 12.8. The molecule has 2 heterocycles. The van der Waals surface area contributed by atoms with Crippen molar-refractivity contribution in [3.8, 4) is 6.07 Å². The third-order valence-corrected chi connectivity index (χ3v) is 5.12. The van der Waals surface area contributed by atoms with Crippen LogP contribution in [0.2, 0.25) is 0 Å². The number of nitriles is 1. The van der Waals surface area contributed by atoms with Crippen LogP contribution in [0, 0.1) is 20.8 Å². The minimum absolute atomic E-state index is 0.163. The van der Waals surface area contributed by atoms with Crippen molar-refractivity contribution in [2.24, 2.45) is 5.92 Å². The maximum Gasteiger partial charge on any atom is 0.408 e. The summed E-state index contributed by atoms with van der Waals surface area (Å²) in [5, 5.41) is 13.2. The molecule has 0 amide bonds. The first kappa shape index (κ1) is 16.4. The smallest absolute Gasteiger partial charge is 0.358 e. The number of benzene rings is 1. The van der Waals surface area contributed by atoms with E-state index in [4.69, 9.17) is 0 Å². The Hall–Kier alpha value is -2.02. The number of anilines is 1. The second-order valence-corrected chi connectivity index (χ2v) is 7.44. The van der Waals surface area contributed by atoms with Crippen molar-refractivity contribution in [2.45, 2.75) is 25.1 Å². The fourth-order valence-electron chi connectivity index (χ4n) is 3.11. The maximum absolute atomic E-state index is 13.4. The summed E-state index contributed by atoms with van der Waals surface area (Å²) < 4.78 is 41.1. The van der Waals surface area contributed by atoms with Crippen LogP contribution in [0.25, 0.3) is 21.8 Å². The molecule has 25 heavy (non-hydrogen) atoms. The molecule has 1 saturated carbocycles. The fraction of sp³-hybridized carbons (Fsp3) is 0.294. The van der Waals surface area contributed by atoms with Crippen LogP contribution in [0.1, 0.15) is 18.4 Å². The molecule has 0 aliphatic heterocycles. The van der Waals surface area contributed by atoms with Gasteiger partial charge < -0.3 is 10.3 Å². The van der Waals surface area contributed by atoms with E-state index in [9.17, 15) is 18.4 Å². The van der Waals surface area contributed by atoms with Crippen LogP contribution in [0.4, 0.5) is 19.0 Å². The van der Waals surface area contributed by atoms with Crippen LogP contribution < -0.4 is 5.32 Å². The number of hydrogen-bond acceptors (Lipinski definition) is 3. The quantitative estimate of drug-likeness (QED) is 0.549. The number of alkyl halides is 3. The van der Waals surface area contributed by atoms with Gasteiger partial charge in [0.2, 0.25) is 0 Å². The lowest BCUT2D eigenvalue weighted by Gasteiger charge is -2.22. The zero-order chi connectivity index (χ0) is 17.8. The highest BCUT2D eigenvalue weighted by Gasteiger charge is 2.49. The average molecular weight is 456 g/mol. The Labute approximate surface area is 154 Å². The Bertz CT molecular complexity index is 1010. The Morgan fingerprint density at radius 2 is 2.12 bits per heavy atom. The van der Waals surface area contributed by atoms with Crippen LogP contribution in [-0.4, -0.2) is 22.2 Å². The number of fused-ring (bicyclic) bond motifs is 3. The number of nitrogens with zero attached hydrogens (tertiary/aromatic N) is 2. The highest BCUT2D eigenvalue weighted by atomic mass is 127. The molecule has 2 N–H and O–H groups in total. The molecule has 1 unspecified atom stereocenters. The number of rotatable bonds is 3. The summed E-state index contributed by atoms with van der Waals surface area (Å²) in [5.74, 6) is -0.255. The number of nitrogens with one attached hydrogen (secondary N) is 2. The third kappa shape index (κ3) is 2.90. The van der Waals surface area contributed by atoms with Crippen molar-refractivity contribution in [1.29, 1.82) is 5.26 Å². The summed E-state index contributed by atoms with van der Waals surface area (Å²) in [6.07, 6.45) is -1.92. The predicted molar refractivity (Wildman–Crippen MR) is 97.2 cm³/mol. The first-order valence-corrected chi connectivity index (χ1v) is 8.79. The molecule has 8 heteroatoms. The first-order valence-electron chi connectivity index (χ1n) is 7.72. The largest absolute Gasteiger partial charge is 0.408 e. The minimum Gasteiger partial charge on any atom is -0.358 e. The van der Waals surface area contributed by atoms with Crippen molar-refractivity contribution in [3.63, 3.8) is 0 Å². The van der Waals surface area contributed by atoms with E-state index in [0.717, 1.165) is 14.5 Å². The lowest BCUT2D eigenvalue weighted by Crippen LogP contribution is -2.38. The van der Waals surface area contributed by atoms with Crippen LogP contribution in [-0.2, 0) is 0 Å². The summed E-state index contributed by atoms with van der Waals surface area (Å²) >= 11 is 2.16. The Morgan fingerprint density at radius 1 is 1.36 bits per heavy atom. The number of pyridine rings is 1. The van der Waals surface area contributed by atoms with E-state index in [2.05, 4.69) is 37.9 Å². The predicted octanol–water partition coefficient (Wildman–Crippen LogP) is 4.95.